The quantitative estimate of drug-likeness (QED) is 0.0219. The number of amides is 20. The van der Waals surface area contributed by atoms with Crippen molar-refractivity contribution in [3.63, 3.8) is 0 Å². The molecule has 0 aromatic carbocycles. The van der Waals surface area contributed by atoms with Crippen molar-refractivity contribution in [2.24, 2.45) is 35.3 Å². The first-order chi connectivity index (χ1) is 69.0. The van der Waals surface area contributed by atoms with Crippen molar-refractivity contribution in [3.8, 4) is 0 Å². The lowest BCUT2D eigenvalue weighted by Crippen LogP contribution is -2.35. The number of hydrogen-bond acceptors (Lipinski definition) is 33. The number of imide groups is 5. The van der Waals surface area contributed by atoms with E-state index < -0.39 is 47.3 Å². The Balaban J connectivity index is -0.000000336. The standard InChI is InChI=1S/4C20H31N3O7.C14H20N2O4.C2H5NO.CH4.5H2/c4*1-16(14-24)4-2-3-8-21-18(26)15-30-13-12-29-11-9-22-17(25)7-10-23-19(27)5-6-20(23)28;1-11(10-17)4-2-3-8-15-12(18)7-9-16-13(19)5-6-14(16)20;1-2(3)4;;;;;;/h4*5-6,14,16H,2-4,7-13,15H2,1H3,(H,21,26)(H,22,25);5-6,10-11H,2-4,7-9H2,1H3,(H,15,18);1H3,(H2,3,4);1H4;5*1H. The summed E-state index contributed by atoms with van der Waals surface area (Å²) in [6, 6.07) is 0. The molecule has 145 heavy (non-hydrogen) atoms. The van der Waals surface area contributed by atoms with Crippen molar-refractivity contribution in [2.45, 2.75) is 177 Å². The second kappa shape index (κ2) is 87.7. The molecule has 5 rings (SSSR count). The normalized spacial score (nSPS) is 14.0. The van der Waals surface area contributed by atoms with E-state index >= 15 is 0 Å². The van der Waals surface area contributed by atoms with Crippen molar-refractivity contribution < 1.29 is 165 Å². The predicted molar refractivity (Wildman–Crippen MR) is 534 cm³/mol. The molecule has 20 amide bonds. The van der Waals surface area contributed by atoms with Gasteiger partial charge in [-0.15, -0.1) is 0 Å². The Hall–Kier alpha value is -12.9. The fraction of sp³-hybridized carbons (Fsp3) is 0.639. The maximum absolute atomic E-state index is 11.7. The van der Waals surface area contributed by atoms with Gasteiger partial charge in [0.25, 0.3) is 59.1 Å². The maximum Gasteiger partial charge on any atom is 0.253 e. The van der Waals surface area contributed by atoms with Crippen LogP contribution in [0.4, 0.5) is 0 Å². The van der Waals surface area contributed by atoms with E-state index in [1.165, 1.54) is 67.7 Å². The van der Waals surface area contributed by atoms with E-state index in [1.807, 2.05) is 34.6 Å². The average Bonchev–Trinajstić information content (AvgIpc) is 1.76. The van der Waals surface area contributed by atoms with Gasteiger partial charge in [-0.05, 0) is 64.2 Å². The van der Waals surface area contributed by atoms with E-state index in [0.29, 0.717) is 58.9 Å². The van der Waals surface area contributed by atoms with Crippen LogP contribution in [0.2, 0.25) is 0 Å². The zero-order valence-corrected chi connectivity index (χ0v) is 83.7. The van der Waals surface area contributed by atoms with Gasteiger partial charge in [-0.25, -0.2) is 0 Å². The minimum Gasteiger partial charge on any atom is -0.377 e. The average molecular weight is 2070 g/mol. The number of carbonyl (C=O) groups excluding carboxylic acids is 25. The summed E-state index contributed by atoms with van der Waals surface area (Å²) in [6.45, 7) is 18.0. The minimum absolute atomic E-state index is 0. The molecule has 5 aliphatic heterocycles. The highest BCUT2D eigenvalue weighted by molar-refractivity contribution is 6.15. The summed E-state index contributed by atoms with van der Waals surface area (Å²) in [6.07, 6.45) is 29.4. The van der Waals surface area contributed by atoms with Gasteiger partial charge >= 0.3 is 0 Å². The minimum atomic E-state index is -0.408. The molecule has 11 N–H and O–H groups in total. The number of aldehydes is 5. The van der Waals surface area contributed by atoms with Crippen LogP contribution in [0.5, 0.6) is 0 Å². The molecule has 0 aromatic rings. The van der Waals surface area contributed by atoms with Gasteiger partial charge in [0.05, 0.1) is 79.3 Å². The summed E-state index contributed by atoms with van der Waals surface area (Å²) in [4.78, 5) is 285. The van der Waals surface area contributed by atoms with E-state index in [1.54, 1.807) is 0 Å². The molecule has 5 unspecified atom stereocenters. The number of unbranched alkanes of at least 4 members (excludes halogenated alkanes) is 5. The lowest BCUT2D eigenvalue weighted by molar-refractivity contribution is -0.139. The molecule has 5 heterocycles. The van der Waals surface area contributed by atoms with Crippen molar-refractivity contribution in [2.75, 3.05) is 197 Å². The van der Waals surface area contributed by atoms with Crippen LogP contribution in [0, 0.1) is 29.6 Å². The van der Waals surface area contributed by atoms with Gasteiger partial charge in [0.15, 0.2) is 0 Å². The second-order valence-corrected chi connectivity index (χ2v) is 33.0. The van der Waals surface area contributed by atoms with Crippen LogP contribution in [-0.4, -0.2) is 371 Å². The Morgan fingerprint density at radius 2 is 0.386 bits per heavy atom. The Morgan fingerprint density at radius 1 is 0.248 bits per heavy atom. The van der Waals surface area contributed by atoms with Gasteiger partial charge < -0.3 is 115 Å². The van der Waals surface area contributed by atoms with Gasteiger partial charge in [-0.2, -0.15) is 0 Å². The third-order valence-corrected chi connectivity index (χ3v) is 20.2. The van der Waals surface area contributed by atoms with Gasteiger partial charge in [0, 0.05) is 228 Å². The number of nitrogens with zero attached hydrogens (tertiary/aromatic N) is 5. The van der Waals surface area contributed by atoms with Gasteiger partial charge in [0.2, 0.25) is 59.1 Å². The van der Waals surface area contributed by atoms with Crippen LogP contribution >= 0.6 is 0 Å². The van der Waals surface area contributed by atoms with Crippen LogP contribution in [0.3, 0.4) is 0 Å². The molecular formula is C97H163N15O33. The zero-order chi connectivity index (χ0) is 107. The molecule has 824 valence electrons. The van der Waals surface area contributed by atoms with Crippen LogP contribution < -0.4 is 53.6 Å². The number of primary amides is 1. The third kappa shape index (κ3) is 74.7. The Kier molecular flexibility index (Phi) is 81.1. The van der Waals surface area contributed by atoms with E-state index in [2.05, 4.69) is 53.6 Å². The summed E-state index contributed by atoms with van der Waals surface area (Å²) < 4.78 is 42.0. The first-order valence-corrected chi connectivity index (χ1v) is 48.2. The number of nitrogens with two attached hydrogens (primary N) is 1. The summed E-state index contributed by atoms with van der Waals surface area (Å²) in [5.74, 6) is -6.14. The summed E-state index contributed by atoms with van der Waals surface area (Å²) in [5, 5.41) is 24.2. The van der Waals surface area contributed by atoms with Crippen LogP contribution in [0.1, 0.15) is 185 Å². The lowest BCUT2D eigenvalue weighted by Gasteiger charge is -2.13. The Labute approximate surface area is 854 Å². The summed E-state index contributed by atoms with van der Waals surface area (Å²) in [7, 11) is 0. The van der Waals surface area contributed by atoms with E-state index in [9.17, 15) is 120 Å². The predicted octanol–water partition coefficient (Wildman–Crippen LogP) is 0.0703. The number of ether oxygens (including phenoxy) is 8. The summed E-state index contributed by atoms with van der Waals surface area (Å²) in [5.41, 5.74) is 4.47. The SMILES string of the molecule is C.CC(C=O)CCCCNC(=O)CCN1C(=O)C=CC1=O.CC(C=O)CCCCNC(=O)COCCOCCNC(=O)CCN1C(=O)C=CC1=O.CC(C=O)CCCCNC(=O)COCCOCCNC(=O)CCN1C(=O)C=CC1=O.CC(C=O)CCCCNC(=O)COCCOCCNC(=O)CCN1C(=O)C=CC1=O.CC(C=O)CCCCNC(=O)COCCOCCNC(=O)CCN1C(=O)C=CC1=O.CC(N)=O.[HH].[HH].[HH].[HH].[HH]. The smallest absolute Gasteiger partial charge is 0.253 e. The van der Waals surface area contributed by atoms with Crippen LogP contribution in [0.25, 0.3) is 0 Å². The number of carbonyl (C=O) groups is 25. The molecule has 48 heteroatoms. The molecule has 0 saturated heterocycles. The topological polar surface area (TPSA) is 651 Å². The molecule has 0 spiro atoms. The monoisotopic (exact) mass is 2070 g/mol. The zero-order valence-electron chi connectivity index (χ0n) is 83.7. The van der Waals surface area contributed by atoms with Gasteiger partial charge in [-0.3, -0.25) is 120 Å². The largest absolute Gasteiger partial charge is 0.377 e. The highest BCUT2D eigenvalue weighted by Crippen LogP contribution is 2.13. The van der Waals surface area contributed by atoms with Gasteiger partial charge in [-0.1, -0.05) is 74.1 Å². The number of rotatable bonds is 77. The molecule has 0 bridgehead atoms. The molecule has 5 atom stereocenters. The van der Waals surface area contributed by atoms with E-state index in [-0.39, 0.29) is 286 Å². The van der Waals surface area contributed by atoms with Crippen molar-refractivity contribution in [3.05, 3.63) is 60.8 Å². The first kappa shape index (κ1) is 134. The molecule has 0 aromatic heterocycles. The summed E-state index contributed by atoms with van der Waals surface area (Å²) >= 11 is 0. The number of nitrogens with one attached hydrogen (secondary N) is 9. The lowest BCUT2D eigenvalue weighted by atomic mass is 10.1. The maximum atomic E-state index is 11.7. The Bertz CT molecular complexity index is 3690. The fourth-order valence-corrected chi connectivity index (χ4v) is 12.0. The van der Waals surface area contributed by atoms with Gasteiger partial charge in [0.1, 0.15) is 57.9 Å². The fourth-order valence-electron chi connectivity index (χ4n) is 12.0. The van der Waals surface area contributed by atoms with E-state index in [4.69, 9.17) is 37.9 Å². The molecule has 0 saturated carbocycles. The molecule has 0 radical (unpaired) electrons. The highest BCUT2D eigenvalue weighted by Gasteiger charge is 2.29. The van der Waals surface area contributed by atoms with Crippen molar-refractivity contribution in [1.29, 1.82) is 0 Å². The molecule has 0 fully saturated rings. The Morgan fingerprint density at radius 3 is 0.538 bits per heavy atom. The van der Waals surface area contributed by atoms with Crippen molar-refractivity contribution >= 4 is 150 Å². The molecular weight excluding hydrogens is 1900 g/mol. The first-order valence-electron chi connectivity index (χ1n) is 48.2. The highest BCUT2D eigenvalue weighted by atomic mass is 16.5. The van der Waals surface area contributed by atoms with Crippen LogP contribution in [-0.2, 0) is 158 Å². The van der Waals surface area contributed by atoms with Crippen LogP contribution in [0.15, 0.2) is 60.8 Å². The molecule has 48 nitrogen and oxygen atoms in total. The second-order valence-electron chi connectivity index (χ2n) is 33.0. The van der Waals surface area contributed by atoms with Crippen molar-refractivity contribution in [1.82, 2.24) is 72.4 Å². The third-order valence-electron chi connectivity index (χ3n) is 20.2. The molecule has 5 aliphatic rings. The van der Waals surface area contributed by atoms with E-state index in [0.717, 1.165) is 152 Å². The number of hydrogen-bond donors (Lipinski definition) is 10. The molecule has 0 aliphatic carbocycles.